The minimum atomic E-state index is -3.44. The monoisotopic (exact) mass is 307 g/mol. The Morgan fingerprint density at radius 3 is 2.29 bits per heavy atom. The molecule has 7 heteroatoms. The molecule has 112 valence electrons. The number of piperazine rings is 1. The minimum absolute atomic E-state index is 0.499. The first-order valence-corrected chi connectivity index (χ1v) is 8.31. The van der Waals surface area contributed by atoms with Crippen molar-refractivity contribution >= 4 is 15.9 Å². The van der Waals surface area contributed by atoms with Gasteiger partial charge in [0.15, 0.2) is 0 Å². The smallest absolute Gasteiger partial charge is 0.369 e. The quantitative estimate of drug-likeness (QED) is 0.763. The summed E-state index contributed by atoms with van der Waals surface area (Å²) in [6, 6.07) is 10.1. The van der Waals surface area contributed by atoms with Crippen LogP contribution in [0.5, 0.6) is 0 Å². The zero-order valence-corrected chi connectivity index (χ0v) is 12.8. The number of imidazole rings is 1. The summed E-state index contributed by atoms with van der Waals surface area (Å²) in [6.07, 6.45) is 4.86. The molecule has 6 nitrogen and oxygen atoms in total. The molecule has 1 aromatic carbocycles. The van der Waals surface area contributed by atoms with E-state index < -0.39 is 10.2 Å². The van der Waals surface area contributed by atoms with E-state index in [1.807, 2.05) is 18.2 Å². The summed E-state index contributed by atoms with van der Waals surface area (Å²) in [7, 11) is -1.64. The molecule has 0 unspecified atom stereocenters. The van der Waals surface area contributed by atoms with Crippen LogP contribution in [0.3, 0.4) is 0 Å². The third-order valence-corrected chi connectivity index (χ3v) is 5.46. The van der Waals surface area contributed by atoms with Gasteiger partial charge in [0.05, 0.1) is 7.05 Å². The van der Waals surface area contributed by atoms with Crippen LogP contribution in [0.2, 0.25) is 0 Å². The van der Waals surface area contributed by atoms with Crippen molar-refractivity contribution in [1.29, 1.82) is 0 Å². The lowest BCUT2D eigenvalue weighted by atomic mass is 10.2. The molecule has 0 bridgehead atoms. The predicted molar refractivity (Wildman–Crippen MR) is 80.2 cm³/mol. The van der Waals surface area contributed by atoms with Crippen LogP contribution in [0.25, 0.3) is 0 Å². The van der Waals surface area contributed by atoms with E-state index in [-0.39, 0.29) is 0 Å². The first kappa shape index (κ1) is 14.1. The van der Waals surface area contributed by atoms with Gasteiger partial charge in [-0.05, 0) is 12.1 Å². The Hall–Kier alpha value is -1.86. The van der Waals surface area contributed by atoms with Crippen LogP contribution >= 0.6 is 0 Å². The zero-order valence-electron chi connectivity index (χ0n) is 12.0. The highest BCUT2D eigenvalue weighted by molar-refractivity contribution is 7.87. The SMILES string of the molecule is C[n+]1ccn(S(=O)(=O)N2CCN(c3ccccc3)CC2)c1. The molecule has 2 aromatic rings. The number of nitrogens with zero attached hydrogens (tertiary/aromatic N) is 4. The van der Waals surface area contributed by atoms with E-state index in [0.717, 1.165) is 5.69 Å². The molecular formula is C14H19N4O2S+. The van der Waals surface area contributed by atoms with Crippen molar-refractivity contribution in [2.24, 2.45) is 7.05 Å². The molecular weight excluding hydrogens is 288 g/mol. The maximum atomic E-state index is 12.5. The first-order valence-electron chi connectivity index (χ1n) is 6.91. The van der Waals surface area contributed by atoms with Gasteiger partial charge in [0.1, 0.15) is 12.4 Å². The molecule has 2 heterocycles. The van der Waals surface area contributed by atoms with Crippen molar-refractivity contribution < 1.29 is 13.0 Å². The number of hydrogen-bond donors (Lipinski definition) is 0. The Morgan fingerprint density at radius 2 is 1.71 bits per heavy atom. The van der Waals surface area contributed by atoms with E-state index in [0.29, 0.717) is 26.2 Å². The summed E-state index contributed by atoms with van der Waals surface area (Å²) in [5.41, 5.74) is 1.14. The van der Waals surface area contributed by atoms with Crippen LogP contribution in [0.4, 0.5) is 5.69 Å². The highest BCUT2D eigenvalue weighted by Gasteiger charge is 2.31. The predicted octanol–water partition coefficient (Wildman–Crippen LogP) is 0.228. The second-order valence-corrected chi connectivity index (χ2v) is 6.97. The molecule has 0 spiro atoms. The van der Waals surface area contributed by atoms with Gasteiger partial charge < -0.3 is 4.90 Å². The van der Waals surface area contributed by atoms with E-state index in [9.17, 15) is 8.42 Å². The lowest BCUT2D eigenvalue weighted by Gasteiger charge is -2.34. The number of rotatable bonds is 3. The maximum Gasteiger partial charge on any atom is 0.379 e. The van der Waals surface area contributed by atoms with Crippen molar-refractivity contribution in [2.45, 2.75) is 0 Å². The number of hydrogen-bond acceptors (Lipinski definition) is 3. The van der Waals surface area contributed by atoms with Gasteiger partial charge >= 0.3 is 10.2 Å². The topological polar surface area (TPSA) is 49.4 Å². The minimum Gasteiger partial charge on any atom is -0.369 e. The molecule has 0 N–H and O–H groups in total. The molecule has 0 aliphatic carbocycles. The van der Waals surface area contributed by atoms with Crippen LogP contribution in [0.15, 0.2) is 49.1 Å². The second kappa shape index (κ2) is 5.50. The van der Waals surface area contributed by atoms with Crippen molar-refractivity contribution in [1.82, 2.24) is 8.28 Å². The van der Waals surface area contributed by atoms with Crippen LogP contribution < -0.4 is 9.47 Å². The summed E-state index contributed by atoms with van der Waals surface area (Å²) in [5.74, 6) is 0. The van der Waals surface area contributed by atoms with Gasteiger partial charge in [-0.25, -0.2) is 4.57 Å². The molecule has 1 aliphatic rings. The van der Waals surface area contributed by atoms with Gasteiger partial charge in [-0.3, -0.25) is 0 Å². The van der Waals surface area contributed by atoms with Crippen LogP contribution in [-0.2, 0) is 17.3 Å². The van der Waals surface area contributed by atoms with E-state index in [4.69, 9.17) is 0 Å². The van der Waals surface area contributed by atoms with Crippen LogP contribution in [0, 0.1) is 0 Å². The molecule has 1 aliphatic heterocycles. The molecule has 1 aromatic heterocycles. The molecule has 21 heavy (non-hydrogen) atoms. The third kappa shape index (κ3) is 2.79. The van der Waals surface area contributed by atoms with Crippen LogP contribution in [0.1, 0.15) is 0 Å². The molecule has 0 atom stereocenters. The largest absolute Gasteiger partial charge is 0.379 e. The average molecular weight is 307 g/mol. The lowest BCUT2D eigenvalue weighted by molar-refractivity contribution is -0.670. The zero-order chi connectivity index (χ0) is 14.9. The molecule has 3 rings (SSSR count). The molecule has 1 fully saturated rings. The number of benzene rings is 1. The number of anilines is 1. The summed E-state index contributed by atoms with van der Waals surface area (Å²) >= 11 is 0. The van der Waals surface area contributed by atoms with E-state index in [2.05, 4.69) is 17.0 Å². The highest BCUT2D eigenvalue weighted by Crippen LogP contribution is 2.17. The third-order valence-electron chi connectivity index (χ3n) is 3.70. The fourth-order valence-electron chi connectivity index (χ4n) is 2.51. The highest BCUT2D eigenvalue weighted by atomic mass is 32.2. The maximum absolute atomic E-state index is 12.5. The van der Waals surface area contributed by atoms with Crippen LogP contribution in [-0.4, -0.2) is 42.9 Å². The van der Waals surface area contributed by atoms with Gasteiger partial charge in [0, 0.05) is 31.9 Å². The summed E-state index contributed by atoms with van der Waals surface area (Å²) in [5, 5.41) is 0. The standard InChI is InChI=1S/C14H19N4O2S/c1-15-7-10-18(13-15)21(19,20)17-11-8-16(9-12-17)14-5-3-2-4-6-14/h2-7,10,13H,8-9,11-12H2,1H3/q+1. The van der Waals surface area contributed by atoms with E-state index >= 15 is 0 Å². The summed E-state index contributed by atoms with van der Waals surface area (Å²) < 4.78 is 29.5. The molecule has 0 amide bonds. The lowest BCUT2D eigenvalue weighted by Crippen LogP contribution is -2.50. The summed E-state index contributed by atoms with van der Waals surface area (Å²) in [6.45, 7) is 2.41. The number of para-hydroxylation sites is 1. The number of aromatic nitrogens is 2. The Kier molecular flexibility index (Phi) is 3.69. The first-order chi connectivity index (χ1) is 10.1. The normalized spacial score (nSPS) is 17.1. The fraction of sp³-hybridized carbons (Fsp3) is 0.357. The fourth-order valence-corrected chi connectivity index (χ4v) is 3.88. The van der Waals surface area contributed by atoms with E-state index in [1.54, 1.807) is 30.3 Å². The van der Waals surface area contributed by atoms with Crippen molar-refractivity contribution in [3.05, 3.63) is 49.1 Å². The molecule has 0 radical (unpaired) electrons. The molecule has 0 saturated carbocycles. The van der Waals surface area contributed by atoms with Crippen molar-refractivity contribution in [2.75, 3.05) is 31.1 Å². The Morgan fingerprint density at radius 1 is 1.05 bits per heavy atom. The summed E-state index contributed by atoms with van der Waals surface area (Å²) in [4.78, 5) is 2.21. The second-order valence-electron chi connectivity index (χ2n) is 5.14. The van der Waals surface area contributed by atoms with Gasteiger partial charge in [-0.2, -0.15) is 12.7 Å². The van der Waals surface area contributed by atoms with Crippen molar-refractivity contribution in [3.63, 3.8) is 0 Å². The van der Waals surface area contributed by atoms with E-state index in [1.165, 1.54) is 8.28 Å². The molecule has 1 saturated heterocycles. The average Bonchev–Trinajstić information content (AvgIpc) is 2.96. The Labute approximate surface area is 125 Å². The Bertz CT molecular complexity index is 704. The Balaban J connectivity index is 1.71. The number of aryl methyl sites for hydroxylation is 1. The van der Waals surface area contributed by atoms with Gasteiger partial charge in [0.25, 0.3) is 6.33 Å². The van der Waals surface area contributed by atoms with Gasteiger partial charge in [-0.15, -0.1) is 3.97 Å². The van der Waals surface area contributed by atoms with Gasteiger partial charge in [0.2, 0.25) is 0 Å². The van der Waals surface area contributed by atoms with Gasteiger partial charge in [-0.1, -0.05) is 18.2 Å². The van der Waals surface area contributed by atoms with Crippen molar-refractivity contribution in [3.8, 4) is 0 Å².